The molecule has 170 valence electrons. The summed E-state index contributed by atoms with van der Waals surface area (Å²) in [5, 5.41) is 8.77. The number of benzene rings is 3. The monoisotopic (exact) mass is 462 g/mol. The van der Waals surface area contributed by atoms with E-state index in [1.165, 1.54) is 0 Å². The summed E-state index contributed by atoms with van der Waals surface area (Å²) in [5.74, 6) is 0.244. The second-order valence-electron chi connectivity index (χ2n) is 7.67. The fraction of sp³-hybridized carbons (Fsp3) is 0.231. The van der Waals surface area contributed by atoms with Gasteiger partial charge in [0.25, 0.3) is 0 Å². The highest BCUT2D eigenvalue weighted by atomic mass is 32.1. The largest absolute Gasteiger partial charge is 0.489 e. The molecule has 0 saturated carbocycles. The number of carbonyl (C=O) groups is 1. The van der Waals surface area contributed by atoms with Crippen molar-refractivity contribution in [1.82, 2.24) is 10.6 Å². The van der Waals surface area contributed by atoms with Crippen LogP contribution < -0.4 is 15.4 Å². The van der Waals surface area contributed by atoms with Gasteiger partial charge in [-0.15, -0.1) is 0 Å². The van der Waals surface area contributed by atoms with Crippen LogP contribution in [0.4, 0.5) is 0 Å². The van der Waals surface area contributed by atoms with Crippen LogP contribution in [0.3, 0.4) is 0 Å². The molecular weight excluding hydrogens is 436 g/mol. The van der Waals surface area contributed by atoms with Gasteiger partial charge >= 0.3 is 5.97 Å². The molecule has 6 nitrogen and oxygen atoms in total. The highest BCUT2D eigenvalue weighted by molar-refractivity contribution is 7.80. The van der Waals surface area contributed by atoms with Gasteiger partial charge in [-0.05, 0) is 41.5 Å². The van der Waals surface area contributed by atoms with Crippen molar-refractivity contribution in [2.45, 2.75) is 19.6 Å². The normalized spacial score (nSPS) is 15.7. The second-order valence-corrected chi connectivity index (χ2v) is 8.08. The van der Waals surface area contributed by atoms with Gasteiger partial charge in [-0.2, -0.15) is 0 Å². The van der Waals surface area contributed by atoms with E-state index in [0.717, 1.165) is 21.9 Å². The van der Waals surface area contributed by atoms with Crippen LogP contribution in [0, 0.1) is 0 Å². The van der Waals surface area contributed by atoms with E-state index in [1.54, 1.807) is 7.11 Å². The summed E-state index contributed by atoms with van der Waals surface area (Å²) in [4.78, 5) is 13.1. The van der Waals surface area contributed by atoms with Gasteiger partial charge in [-0.25, -0.2) is 4.79 Å². The summed E-state index contributed by atoms with van der Waals surface area (Å²) < 4.78 is 16.8. The Balaban J connectivity index is 1.78. The third kappa shape index (κ3) is 5.16. The lowest BCUT2D eigenvalue weighted by atomic mass is 9.90. The van der Waals surface area contributed by atoms with Crippen molar-refractivity contribution >= 4 is 34.1 Å². The van der Waals surface area contributed by atoms with E-state index in [-0.39, 0.29) is 6.61 Å². The Morgan fingerprint density at radius 1 is 1.00 bits per heavy atom. The second kappa shape index (κ2) is 10.5. The van der Waals surface area contributed by atoms with E-state index >= 15 is 0 Å². The Morgan fingerprint density at radius 2 is 1.76 bits per heavy atom. The van der Waals surface area contributed by atoms with Crippen LogP contribution in [0.1, 0.15) is 24.1 Å². The minimum Gasteiger partial charge on any atom is -0.489 e. The first kappa shape index (κ1) is 22.8. The standard InChI is InChI=1S/C26H26N2O4S/c1-17-22(25(29)31-15-14-30-2)24(28-26(33)27-17)23-20-11-7-6-10-19(20)12-13-21(23)32-16-18-8-4-3-5-9-18/h3-13,24H,14-16H2,1-2H3,(H2,27,28,33). The molecule has 0 aliphatic carbocycles. The lowest BCUT2D eigenvalue weighted by Gasteiger charge is -2.31. The van der Waals surface area contributed by atoms with E-state index in [2.05, 4.69) is 10.6 Å². The van der Waals surface area contributed by atoms with Crippen molar-refractivity contribution in [2.24, 2.45) is 0 Å². The SMILES string of the molecule is COCCOC(=O)C1=C(C)NC(=S)NC1c1c(OCc2ccccc2)ccc2ccccc12. The highest BCUT2D eigenvalue weighted by Gasteiger charge is 2.34. The molecule has 0 amide bonds. The number of allylic oxidation sites excluding steroid dienone is 1. The number of hydrogen-bond donors (Lipinski definition) is 2. The molecule has 3 aromatic carbocycles. The van der Waals surface area contributed by atoms with Gasteiger partial charge < -0.3 is 24.8 Å². The Labute approximate surface area is 198 Å². The molecule has 1 unspecified atom stereocenters. The number of methoxy groups -OCH3 is 1. The first-order chi connectivity index (χ1) is 16.1. The lowest BCUT2D eigenvalue weighted by molar-refractivity contribution is -0.140. The molecule has 0 radical (unpaired) electrons. The maximum absolute atomic E-state index is 13.1. The maximum Gasteiger partial charge on any atom is 0.338 e. The Morgan fingerprint density at radius 3 is 2.55 bits per heavy atom. The molecule has 0 spiro atoms. The number of thiocarbonyl (C=S) groups is 1. The summed E-state index contributed by atoms with van der Waals surface area (Å²) in [6, 6.07) is 21.4. The number of fused-ring (bicyclic) bond motifs is 1. The summed E-state index contributed by atoms with van der Waals surface area (Å²) in [5.41, 5.74) is 3.00. The first-order valence-electron chi connectivity index (χ1n) is 10.7. The van der Waals surface area contributed by atoms with Gasteiger partial charge in [-0.3, -0.25) is 0 Å². The van der Waals surface area contributed by atoms with Gasteiger partial charge in [-0.1, -0.05) is 60.7 Å². The van der Waals surface area contributed by atoms with Crippen LogP contribution in [-0.2, 0) is 20.9 Å². The zero-order chi connectivity index (χ0) is 23.2. The fourth-order valence-corrected chi connectivity index (χ4v) is 4.18. The number of esters is 1. The maximum atomic E-state index is 13.1. The van der Waals surface area contributed by atoms with Crippen molar-refractivity contribution in [2.75, 3.05) is 20.3 Å². The quantitative estimate of drug-likeness (QED) is 0.292. The number of ether oxygens (including phenoxy) is 3. The Hall–Kier alpha value is -3.42. The average molecular weight is 463 g/mol. The number of hydrogen-bond acceptors (Lipinski definition) is 5. The van der Waals surface area contributed by atoms with Gasteiger partial charge in [0.1, 0.15) is 19.0 Å². The minimum absolute atomic E-state index is 0.163. The van der Waals surface area contributed by atoms with Crippen LogP contribution in [0.25, 0.3) is 10.8 Å². The first-order valence-corrected chi connectivity index (χ1v) is 11.1. The minimum atomic E-state index is -0.536. The average Bonchev–Trinajstić information content (AvgIpc) is 2.82. The summed E-state index contributed by atoms with van der Waals surface area (Å²) in [7, 11) is 1.57. The molecule has 0 aromatic heterocycles. The van der Waals surface area contributed by atoms with Gasteiger partial charge in [0.2, 0.25) is 0 Å². The molecule has 4 rings (SSSR count). The van der Waals surface area contributed by atoms with Crippen molar-refractivity contribution in [1.29, 1.82) is 0 Å². The molecule has 1 aliphatic heterocycles. The number of carbonyl (C=O) groups excluding carboxylic acids is 1. The topological polar surface area (TPSA) is 68.8 Å². The van der Waals surface area contributed by atoms with Crippen LogP contribution in [0.5, 0.6) is 5.75 Å². The summed E-state index contributed by atoms with van der Waals surface area (Å²) in [6.07, 6.45) is 0. The molecule has 0 bridgehead atoms. The predicted octanol–water partition coefficient (Wildman–Crippen LogP) is 4.40. The highest BCUT2D eigenvalue weighted by Crippen LogP contribution is 2.39. The molecular formula is C26H26N2O4S. The van der Waals surface area contributed by atoms with E-state index in [4.69, 9.17) is 26.4 Å². The van der Waals surface area contributed by atoms with Gasteiger partial charge in [0.05, 0.1) is 18.2 Å². The van der Waals surface area contributed by atoms with Crippen LogP contribution in [0.15, 0.2) is 78.0 Å². The van der Waals surface area contributed by atoms with Crippen molar-refractivity contribution in [3.8, 4) is 5.75 Å². The van der Waals surface area contributed by atoms with Crippen LogP contribution in [-0.4, -0.2) is 31.4 Å². The Kier molecular flexibility index (Phi) is 7.22. The molecule has 33 heavy (non-hydrogen) atoms. The van der Waals surface area contributed by atoms with Crippen molar-refractivity contribution in [3.05, 3.63) is 89.1 Å². The van der Waals surface area contributed by atoms with E-state index in [9.17, 15) is 4.79 Å². The number of rotatable bonds is 8. The smallest absolute Gasteiger partial charge is 0.338 e. The molecule has 2 N–H and O–H groups in total. The summed E-state index contributed by atoms with van der Waals surface area (Å²) in [6.45, 7) is 2.71. The zero-order valence-corrected chi connectivity index (χ0v) is 19.4. The van der Waals surface area contributed by atoms with E-state index in [0.29, 0.717) is 35.3 Å². The fourth-order valence-electron chi connectivity index (χ4n) is 3.91. The van der Waals surface area contributed by atoms with Crippen molar-refractivity contribution in [3.63, 3.8) is 0 Å². The van der Waals surface area contributed by atoms with E-state index in [1.807, 2.05) is 73.7 Å². The lowest BCUT2D eigenvalue weighted by Crippen LogP contribution is -2.45. The molecule has 1 atom stereocenters. The molecule has 1 aliphatic rings. The zero-order valence-electron chi connectivity index (χ0n) is 18.6. The summed E-state index contributed by atoms with van der Waals surface area (Å²) >= 11 is 5.44. The number of nitrogens with one attached hydrogen (secondary N) is 2. The molecule has 0 fully saturated rings. The van der Waals surface area contributed by atoms with Gasteiger partial charge in [0.15, 0.2) is 5.11 Å². The molecule has 0 saturated heterocycles. The molecule has 7 heteroatoms. The van der Waals surface area contributed by atoms with Crippen molar-refractivity contribution < 1.29 is 19.0 Å². The molecule has 1 heterocycles. The Bertz CT molecular complexity index is 1190. The van der Waals surface area contributed by atoms with Gasteiger partial charge in [0, 0.05) is 18.4 Å². The predicted molar refractivity (Wildman–Crippen MR) is 132 cm³/mol. The van der Waals surface area contributed by atoms with Crippen LogP contribution in [0.2, 0.25) is 0 Å². The third-order valence-corrected chi connectivity index (χ3v) is 5.69. The van der Waals surface area contributed by atoms with Crippen LogP contribution >= 0.6 is 12.2 Å². The third-order valence-electron chi connectivity index (χ3n) is 5.47. The molecule has 3 aromatic rings. The van der Waals surface area contributed by atoms with E-state index < -0.39 is 12.0 Å².